The Kier molecular flexibility index (Phi) is 7.08. The minimum atomic E-state index is -1.17. The molecular weight excluding hydrogens is 378 g/mol. The quantitative estimate of drug-likeness (QED) is 0.481. The van der Waals surface area contributed by atoms with Crippen LogP contribution in [-0.2, 0) is 19.1 Å². The highest BCUT2D eigenvalue weighted by Gasteiger charge is 2.44. The van der Waals surface area contributed by atoms with Crippen molar-refractivity contribution >= 4 is 29.6 Å². The average molecular weight is 403 g/mol. The van der Waals surface area contributed by atoms with Gasteiger partial charge in [0, 0.05) is 6.54 Å². The molecule has 1 aliphatic heterocycles. The zero-order valence-electron chi connectivity index (χ0n) is 16.9. The summed E-state index contributed by atoms with van der Waals surface area (Å²) >= 11 is 0. The number of fused-ring (bicyclic) bond motifs is 1. The van der Waals surface area contributed by atoms with E-state index in [1.54, 1.807) is 32.9 Å². The molecule has 2 N–H and O–H groups in total. The van der Waals surface area contributed by atoms with Gasteiger partial charge in [-0.2, -0.15) is 0 Å². The van der Waals surface area contributed by atoms with E-state index >= 15 is 0 Å². The third-order valence-electron chi connectivity index (χ3n) is 4.44. The highest BCUT2D eigenvalue weighted by molar-refractivity contribution is 6.22. The number of esters is 1. The summed E-state index contributed by atoms with van der Waals surface area (Å²) in [6.07, 6.45) is 0. The van der Waals surface area contributed by atoms with E-state index in [2.05, 4.69) is 10.6 Å². The van der Waals surface area contributed by atoms with E-state index in [0.29, 0.717) is 6.54 Å². The third kappa shape index (κ3) is 4.79. The smallest absolute Gasteiger partial charge is 0.330 e. The van der Waals surface area contributed by atoms with E-state index in [9.17, 15) is 24.0 Å². The van der Waals surface area contributed by atoms with E-state index in [-0.39, 0.29) is 17.0 Å². The first-order valence-corrected chi connectivity index (χ1v) is 9.39. The molecule has 0 spiro atoms. The van der Waals surface area contributed by atoms with Gasteiger partial charge in [-0.25, -0.2) is 4.79 Å². The fourth-order valence-electron chi connectivity index (χ4n) is 3.03. The lowest BCUT2D eigenvalue weighted by molar-refractivity contribution is -0.153. The van der Waals surface area contributed by atoms with Gasteiger partial charge in [0.2, 0.25) is 5.91 Å². The van der Waals surface area contributed by atoms with Gasteiger partial charge in [-0.3, -0.25) is 24.1 Å². The minimum Gasteiger partial charge on any atom is -0.454 e. The van der Waals surface area contributed by atoms with Crippen molar-refractivity contribution in [1.29, 1.82) is 0 Å². The second-order valence-corrected chi connectivity index (χ2v) is 7.01. The molecule has 0 unspecified atom stereocenters. The maximum Gasteiger partial charge on any atom is 0.330 e. The number of amides is 4. The fraction of sp³-hybridized carbons (Fsp3) is 0.450. The molecule has 1 heterocycles. The van der Waals surface area contributed by atoms with Crippen molar-refractivity contribution in [3.63, 3.8) is 0 Å². The van der Waals surface area contributed by atoms with Crippen LogP contribution >= 0.6 is 0 Å². The molecule has 0 aromatic heterocycles. The van der Waals surface area contributed by atoms with E-state index in [0.717, 1.165) is 4.90 Å². The molecule has 2 rings (SSSR count). The van der Waals surface area contributed by atoms with Crippen molar-refractivity contribution in [1.82, 2.24) is 15.5 Å². The molecule has 0 saturated heterocycles. The van der Waals surface area contributed by atoms with Gasteiger partial charge in [0.1, 0.15) is 12.1 Å². The Morgan fingerprint density at radius 3 is 2.07 bits per heavy atom. The monoisotopic (exact) mass is 403 g/mol. The molecular formula is C20H25N3O6. The van der Waals surface area contributed by atoms with Gasteiger partial charge in [0.15, 0.2) is 6.61 Å². The van der Waals surface area contributed by atoms with Crippen LogP contribution in [0.2, 0.25) is 0 Å². The van der Waals surface area contributed by atoms with Gasteiger partial charge in [-0.1, -0.05) is 26.0 Å². The Morgan fingerprint density at radius 2 is 1.59 bits per heavy atom. The van der Waals surface area contributed by atoms with Crippen molar-refractivity contribution in [2.45, 2.75) is 39.8 Å². The summed E-state index contributed by atoms with van der Waals surface area (Å²) in [5.41, 5.74) is 0.453. The van der Waals surface area contributed by atoms with Crippen LogP contribution in [0, 0.1) is 5.92 Å². The standard InChI is InChI=1S/C20H25N3O6/c1-5-21-17(25)12(4)22-15(24)10-29-20(28)16(11(2)3)23-18(26)13-8-6-7-9-14(13)19(23)27/h6-9,11-12,16H,5,10H2,1-4H3,(H,21,25)(H,22,24)/t12-,16-/m0/s1. The second-order valence-electron chi connectivity index (χ2n) is 7.01. The molecule has 0 aliphatic carbocycles. The number of hydrogen-bond donors (Lipinski definition) is 2. The first kappa shape index (κ1) is 22.1. The van der Waals surface area contributed by atoms with Crippen LogP contribution in [0.3, 0.4) is 0 Å². The van der Waals surface area contributed by atoms with Crippen LogP contribution in [0.15, 0.2) is 24.3 Å². The molecule has 9 nitrogen and oxygen atoms in total. The van der Waals surface area contributed by atoms with E-state index < -0.39 is 48.3 Å². The number of nitrogens with one attached hydrogen (secondary N) is 2. The number of benzene rings is 1. The molecule has 2 atom stereocenters. The SMILES string of the molecule is CCNC(=O)[C@H](C)NC(=O)COC(=O)[C@H](C(C)C)N1C(=O)c2ccccc2C1=O. The Morgan fingerprint density at radius 1 is 1.03 bits per heavy atom. The minimum absolute atomic E-state index is 0.226. The topological polar surface area (TPSA) is 122 Å². The van der Waals surface area contributed by atoms with Gasteiger partial charge in [0.05, 0.1) is 11.1 Å². The van der Waals surface area contributed by atoms with E-state index in [1.807, 2.05) is 0 Å². The summed E-state index contributed by atoms with van der Waals surface area (Å²) in [7, 11) is 0. The molecule has 1 aromatic carbocycles. The number of carbonyl (C=O) groups excluding carboxylic acids is 5. The summed E-state index contributed by atoms with van der Waals surface area (Å²) in [6, 6.07) is 4.35. The van der Waals surface area contributed by atoms with Crippen LogP contribution in [0.5, 0.6) is 0 Å². The Bertz CT molecular complexity index is 800. The predicted molar refractivity (Wildman–Crippen MR) is 103 cm³/mol. The molecule has 1 aromatic rings. The molecule has 0 radical (unpaired) electrons. The molecule has 0 fully saturated rings. The van der Waals surface area contributed by atoms with Crippen LogP contribution in [0.25, 0.3) is 0 Å². The number of ether oxygens (including phenoxy) is 1. The Hall–Kier alpha value is -3.23. The van der Waals surface area contributed by atoms with E-state index in [4.69, 9.17) is 4.74 Å². The van der Waals surface area contributed by atoms with Crippen molar-refractivity contribution < 1.29 is 28.7 Å². The zero-order valence-corrected chi connectivity index (χ0v) is 16.9. The zero-order chi connectivity index (χ0) is 21.7. The van der Waals surface area contributed by atoms with Gasteiger partial charge in [-0.05, 0) is 31.9 Å². The molecule has 1 aliphatic rings. The van der Waals surface area contributed by atoms with Crippen LogP contribution in [0.4, 0.5) is 0 Å². The first-order valence-electron chi connectivity index (χ1n) is 9.39. The van der Waals surface area contributed by atoms with Crippen molar-refractivity contribution in [2.24, 2.45) is 5.92 Å². The summed E-state index contributed by atoms with van der Waals surface area (Å²) < 4.78 is 5.05. The summed E-state index contributed by atoms with van der Waals surface area (Å²) in [4.78, 5) is 62.4. The second kappa shape index (κ2) is 9.31. The molecule has 9 heteroatoms. The number of imide groups is 1. The molecule has 29 heavy (non-hydrogen) atoms. The highest BCUT2D eigenvalue weighted by Crippen LogP contribution is 2.27. The summed E-state index contributed by atoms with van der Waals surface area (Å²) in [5, 5.41) is 4.97. The molecule has 0 saturated carbocycles. The van der Waals surface area contributed by atoms with Crippen LogP contribution in [0.1, 0.15) is 48.4 Å². The third-order valence-corrected chi connectivity index (χ3v) is 4.44. The number of carbonyl (C=O) groups is 5. The Labute approximate surface area is 168 Å². The van der Waals surface area contributed by atoms with Gasteiger partial charge in [-0.15, -0.1) is 0 Å². The Balaban J connectivity index is 2.04. The average Bonchev–Trinajstić information content (AvgIpc) is 2.92. The number of rotatable bonds is 8. The highest BCUT2D eigenvalue weighted by atomic mass is 16.5. The number of likely N-dealkylation sites (N-methyl/N-ethyl adjacent to an activating group) is 1. The van der Waals surface area contributed by atoms with E-state index in [1.165, 1.54) is 19.1 Å². The largest absolute Gasteiger partial charge is 0.454 e. The van der Waals surface area contributed by atoms with Crippen LogP contribution < -0.4 is 10.6 Å². The molecule has 4 amide bonds. The fourth-order valence-corrected chi connectivity index (χ4v) is 3.03. The normalized spacial score (nSPS) is 15.0. The lowest BCUT2D eigenvalue weighted by atomic mass is 10.0. The van der Waals surface area contributed by atoms with Crippen molar-refractivity contribution in [3.8, 4) is 0 Å². The maximum absolute atomic E-state index is 12.7. The summed E-state index contributed by atoms with van der Waals surface area (Å²) in [5.74, 6) is -3.47. The number of nitrogens with zero attached hydrogens (tertiary/aromatic N) is 1. The number of hydrogen-bond acceptors (Lipinski definition) is 6. The van der Waals surface area contributed by atoms with Gasteiger partial charge >= 0.3 is 5.97 Å². The molecule has 0 bridgehead atoms. The maximum atomic E-state index is 12.7. The van der Waals surface area contributed by atoms with Gasteiger partial charge in [0.25, 0.3) is 17.7 Å². The first-order chi connectivity index (χ1) is 13.7. The molecule has 156 valence electrons. The lowest BCUT2D eigenvalue weighted by Gasteiger charge is -2.27. The lowest BCUT2D eigenvalue weighted by Crippen LogP contribution is -2.50. The van der Waals surface area contributed by atoms with Crippen molar-refractivity contribution in [2.75, 3.05) is 13.2 Å². The summed E-state index contributed by atoms with van der Waals surface area (Å²) in [6.45, 7) is 6.39. The van der Waals surface area contributed by atoms with Gasteiger partial charge < -0.3 is 15.4 Å². The predicted octanol–water partition coefficient (Wildman–Crippen LogP) is 0.491. The van der Waals surface area contributed by atoms with Crippen molar-refractivity contribution in [3.05, 3.63) is 35.4 Å². The van der Waals surface area contributed by atoms with Crippen LogP contribution in [-0.4, -0.2) is 59.7 Å².